The van der Waals surface area contributed by atoms with E-state index in [1.165, 1.54) is 25.3 Å². The second-order valence-electron chi connectivity index (χ2n) is 6.44. The van der Waals surface area contributed by atoms with Gasteiger partial charge in [0.2, 0.25) is 5.91 Å². The topological polar surface area (TPSA) is 79.8 Å². The van der Waals surface area contributed by atoms with Crippen molar-refractivity contribution in [1.29, 1.82) is 0 Å². The van der Waals surface area contributed by atoms with Crippen molar-refractivity contribution in [2.75, 3.05) is 5.32 Å². The molecule has 0 spiro atoms. The third kappa shape index (κ3) is 6.27. The number of hydrogen-bond donors (Lipinski definition) is 2. The number of carbonyl (C=O) groups is 2. The van der Waals surface area contributed by atoms with E-state index in [2.05, 4.69) is 15.8 Å². The zero-order valence-electron chi connectivity index (χ0n) is 16.3. The highest BCUT2D eigenvalue weighted by Gasteiger charge is 2.04. The lowest BCUT2D eigenvalue weighted by atomic mass is 10.2. The third-order valence-corrected chi connectivity index (χ3v) is 4.05. The van der Waals surface area contributed by atoms with Crippen molar-refractivity contribution in [3.63, 3.8) is 0 Å². The summed E-state index contributed by atoms with van der Waals surface area (Å²) >= 11 is 0. The van der Waals surface area contributed by atoms with Crippen molar-refractivity contribution in [1.82, 2.24) is 5.43 Å². The van der Waals surface area contributed by atoms with Crippen LogP contribution in [0.1, 0.15) is 28.4 Å². The molecule has 0 aliphatic carbocycles. The molecule has 0 saturated carbocycles. The van der Waals surface area contributed by atoms with Crippen molar-refractivity contribution >= 4 is 23.7 Å². The zero-order chi connectivity index (χ0) is 21.3. The first-order valence-electron chi connectivity index (χ1n) is 9.18. The van der Waals surface area contributed by atoms with E-state index in [0.717, 1.165) is 11.1 Å². The van der Waals surface area contributed by atoms with Gasteiger partial charge in [-0.2, -0.15) is 5.10 Å². The van der Waals surface area contributed by atoms with Gasteiger partial charge in [-0.25, -0.2) is 9.82 Å². The average Bonchev–Trinajstić information content (AvgIpc) is 2.74. The largest absolute Gasteiger partial charge is 0.489 e. The molecular formula is C23H20FN3O3. The smallest absolute Gasteiger partial charge is 0.271 e. The fourth-order valence-electron chi connectivity index (χ4n) is 2.54. The Morgan fingerprint density at radius 1 is 0.967 bits per heavy atom. The van der Waals surface area contributed by atoms with Gasteiger partial charge in [0.15, 0.2) is 0 Å². The number of benzene rings is 3. The lowest BCUT2D eigenvalue weighted by molar-refractivity contribution is -0.114. The van der Waals surface area contributed by atoms with E-state index >= 15 is 0 Å². The van der Waals surface area contributed by atoms with E-state index < -0.39 is 0 Å². The van der Waals surface area contributed by atoms with Crippen molar-refractivity contribution in [2.24, 2.45) is 5.10 Å². The van der Waals surface area contributed by atoms with E-state index in [4.69, 9.17) is 4.74 Å². The van der Waals surface area contributed by atoms with Gasteiger partial charge < -0.3 is 10.1 Å². The maximum absolute atomic E-state index is 12.9. The second-order valence-corrected chi connectivity index (χ2v) is 6.44. The second kappa shape index (κ2) is 9.97. The van der Waals surface area contributed by atoms with Gasteiger partial charge in [-0.15, -0.1) is 0 Å². The molecule has 2 N–H and O–H groups in total. The summed E-state index contributed by atoms with van der Waals surface area (Å²) in [6, 6.07) is 19.8. The first kappa shape index (κ1) is 20.7. The third-order valence-electron chi connectivity index (χ3n) is 4.05. The molecule has 3 aromatic carbocycles. The van der Waals surface area contributed by atoms with Gasteiger partial charge in [-0.05, 0) is 71.8 Å². The number of hydrogen-bond acceptors (Lipinski definition) is 4. The molecule has 0 aromatic heterocycles. The normalized spacial score (nSPS) is 10.6. The maximum atomic E-state index is 12.9. The molecule has 0 aliphatic rings. The Hall–Kier alpha value is -4.00. The number of nitrogens with zero attached hydrogens (tertiary/aromatic N) is 1. The molecule has 0 saturated heterocycles. The molecule has 3 aromatic rings. The van der Waals surface area contributed by atoms with Crippen LogP contribution in [-0.4, -0.2) is 18.0 Å². The zero-order valence-corrected chi connectivity index (χ0v) is 16.3. The molecule has 2 amide bonds. The monoisotopic (exact) mass is 405 g/mol. The molecule has 6 nitrogen and oxygen atoms in total. The molecule has 0 heterocycles. The van der Waals surface area contributed by atoms with Gasteiger partial charge in [0.05, 0.1) is 6.21 Å². The van der Waals surface area contributed by atoms with Crippen LogP contribution in [-0.2, 0) is 11.4 Å². The summed E-state index contributed by atoms with van der Waals surface area (Å²) in [5.41, 5.74) is 5.14. The summed E-state index contributed by atoms with van der Waals surface area (Å²) in [4.78, 5) is 23.1. The number of nitrogens with one attached hydrogen (secondary N) is 2. The fourth-order valence-corrected chi connectivity index (χ4v) is 2.54. The maximum Gasteiger partial charge on any atom is 0.271 e. The lowest BCUT2D eigenvalue weighted by Crippen LogP contribution is -2.17. The van der Waals surface area contributed by atoms with Gasteiger partial charge in [0, 0.05) is 18.2 Å². The summed E-state index contributed by atoms with van der Waals surface area (Å²) in [6.07, 6.45) is 1.52. The minimum Gasteiger partial charge on any atom is -0.489 e. The number of carbonyl (C=O) groups excluding carboxylic acids is 2. The molecular weight excluding hydrogens is 385 g/mol. The van der Waals surface area contributed by atoms with Crippen molar-refractivity contribution in [2.45, 2.75) is 13.5 Å². The predicted octanol–water partition coefficient (Wildman–Crippen LogP) is 4.13. The van der Waals surface area contributed by atoms with Crippen LogP contribution in [0.25, 0.3) is 0 Å². The number of anilines is 1. The fraction of sp³-hybridized carbons (Fsp3) is 0.0870. The quantitative estimate of drug-likeness (QED) is 0.458. The van der Waals surface area contributed by atoms with Crippen molar-refractivity contribution in [3.05, 3.63) is 95.3 Å². The van der Waals surface area contributed by atoms with Gasteiger partial charge in [-0.1, -0.05) is 12.1 Å². The first-order valence-corrected chi connectivity index (χ1v) is 9.18. The highest BCUT2D eigenvalue weighted by Crippen LogP contribution is 2.14. The summed E-state index contributed by atoms with van der Waals surface area (Å²) in [6.45, 7) is 1.75. The summed E-state index contributed by atoms with van der Waals surface area (Å²) in [7, 11) is 0. The SMILES string of the molecule is CC(=O)Nc1ccc(C(=O)N/N=C\c2ccc(OCc3ccc(F)cc3)cc2)cc1. The van der Waals surface area contributed by atoms with Gasteiger partial charge in [0.25, 0.3) is 5.91 Å². The Morgan fingerprint density at radius 3 is 2.27 bits per heavy atom. The van der Waals surface area contributed by atoms with Gasteiger partial charge >= 0.3 is 0 Å². The number of amides is 2. The molecule has 0 atom stereocenters. The van der Waals surface area contributed by atoms with Crippen LogP contribution >= 0.6 is 0 Å². The van der Waals surface area contributed by atoms with E-state index in [1.807, 2.05) is 0 Å². The summed E-state index contributed by atoms with van der Waals surface area (Å²) in [5.74, 6) is -0.153. The molecule has 0 fully saturated rings. The van der Waals surface area contributed by atoms with E-state index in [-0.39, 0.29) is 17.6 Å². The van der Waals surface area contributed by atoms with Crippen LogP contribution in [0.3, 0.4) is 0 Å². The van der Waals surface area contributed by atoms with Crippen LogP contribution in [0.5, 0.6) is 5.75 Å². The highest BCUT2D eigenvalue weighted by molar-refractivity contribution is 5.96. The minimum atomic E-state index is -0.361. The van der Waals surface area contributed by atoms with Gasteiger partial charge in [0.1, 0.15) is 18.2 Å². The van der Waals surface area contributed by atoms with Crippen molar-refractivity contribution < 1.29 is 18.7 Å². The van der Waals surface area contributed by atoms with Crippen LogP contribution in [0.2, 0.25) is 0 Å². The number of halogens is 1. The number of hydrazone groups is 1. The first-order chi connectivity index (χ1) is 14.5. The molecule has 0 radical (unpaired) electrons. The Kier molecular flexibility index (Phi) is 6.89. The standard InChI is InChI=1S/C23H20FN3O3/c1-16(28)26-21-10-6-19(7-11-21)23(29)27-25-14-17-4-12-22(13-5-17)30-15-18-2-8-20(24)9-3-18/h2-14H,15H2,1H3,(H,26,28)(H,27,29)/b25-14-. The van der Waals surface area contributed by atoms with Crippen molar-refractivity contribution in [3.8, 4) is 5.75 Å². The summed E-state index contributed by atoms with van der Waals surface area (Å²) in [5, 5.41) is 6.58. The molecule has 0 unspecified atom stereocenters. The Bertz CT molecular complexity index is 1030. The number of rotatable bonds is 7. The summed E-state index contributed by atoms with van der Waals surface area (Å²) < 4.78 is 18.6. The highest BCUT2D eigenvalue weighted by atomic mass is 19.1. The van der Waals surface area contributed by atoms with Crippen LogP contribution < -0.4 is 15.5 Å². The predicted molar refractivity (Wildman–Crippen MR) is 113 cm³/mol. The van der Waals surface area contributed by atoms with E-state index in [9.17, 15) is 14.0 Å². The molecule has 3 rings (SSSR count). The molecule has 0 aliphatic heterocycles. The Labute approximate surface area is 173 Å². The van der Waals surface area contributed by atoms with E-state index in [1.54, 1.807) is 60.7 Å². The number of ether oxygens (including phenoxy) is 1. The van der Waals surface area contributed by atoms with Crippen LogP contribution in [0, 0.1) is 5.82 Å². The van der Waals surface area contributed by atoms with Crippen LogP contribution in [0.15, 0.2) is 77.9 Å². The average molecular weight is 405 g/mol. The van der Waals surface area contributed by atoms with E-state index in [0.29, 0.717) is 23.6 Å². The molecule has 152 valence electrons. The molecule has 30 heavy (non-hydrogen) atoms. The Morgan fingerprint density at radius 2 is 1.63 bits per heavy atom. The Balaban J connectivity index is 1.49. The van der Waals surface area contributed by atoms with Crippen LogP contribution in [0.4, 0.5) is 10.1 Å². The van der Waals surface area contributed by atoms with Gasteiger partial charge in [-0.3, -0.25) is 9.59 Å². The lowest BCUT2D eigenvalue weighted by Gasteiger charge is -2.06. The minimum absolute atomic E-state index is 0.177. The molecule has 0 bridgehead atoms. The molecule has 7 heteroatoms.